The first-order valence-electron chi connectivity index (χ1n) is 6.01. The molecule has 0 radical (unpaired) electrons. The lowest BCUT2D eigenvalue weighted by Crippen LogP contribution is -2.12. The Balaban J connectivity index is 0.00000110. The van der Waals surface area contributed by atoms with Gasteiger partial charge >= 0.3 is 0 Å². The summed E-state index contributed by atoms with van der Waals surface area (Å²) in [5.74, 6) is 0.533. The van der Waals surface area contributed by atoms with Gasteiger partial charge in [-0.3, -0.25) is 5.41 Å². The molecule has 112 valence electrons. The maximum atomic E-state index is 7.48. The fourth-order valence-corrected chi connectivity index (χ4v) is 2.31. The van der Waals surface area contributed by atoms with Crippen LogP contribution in [0.2, 0.25) is 0 Å². The van der Waals surface area contributed by atoms with Gasteiger partial charge in [-0.25, -0.2) is 9.98 Å². The Hall–Kier alpha value is -2.05. The molecule has 6 nitrogen and oxygen atoms in total. The molecule has 0 saturated heterocycles. The molecule has 1 heterocycles. The predicted molar refractivity (Wildman–Crippen MR) is 89.5 cm³/mol. The van der Waals surface area contributed by atoms with Crippen LogP contribution in [0.5, 0.6) is 0 Å². The minimum Gasteiger partial charge on any atom is -0.382 e. The molecular weight excluding hydrogens is 311 g/mol. The zero-order chi connectivity index (χ0) is 13.4. The van der Waals surface area contributed by atoms with E-state index in [-0.39, 0.29) is 36.6 Å². The number of anilines is 1. The summed E-state index contributed by atoms with van der Waals surface area (Å²) in [6, 6.07) is 8.17. The second-order valence-electron chi connectivity index (χ2n) is 4.45. The molecule has 1 aromatic heterocycles. The van der Waals surface area contributed by atoms with Crippen LogP contribution >= 0.6 is 24.8 Å². The van der Waals surface area contributed by atoms with Crippen molar-refractivity contribution in [3.63, 3.8) is 0 Å². The molecule has 3 rings (SSSR count). The van der Waals surface area contributed by atoms with Gasteiger partial charge < -0.3 is 16.5 Å². The summed E-state index contributed by atoms with van der Waals surface area (Å²) in [6.07, 6.45) is 1.85. The number of aliphatic imine (C=N–C) groups is 1. The zero-order valence-corrected chi connectivity index (χ0v) is 12.7. The summed E-state index contributed by atoms with van der Waals surface area (Å²) in [7, 11) is 0. The van der Waals surface area contributed by atoms with Gasteiger partial charge in [0, 0.05) is 0 Å². The fraction of sp³-hybridized carbons (Fsp3) is 0.154. The van der Waals surface area contributed by atoms with Crippen molar-refractivity contribution in [3.05, 3.63) is 41.1 Å². The van der Waals surface area contributed by atoms with Crippen LogP contribution in [-0.4, -0.2) is 21.5 Å². The van der Waals surface area contributed by atoms with E-state index in [0.717, 1.165) is 24.1 Å². The third-order valence-electron chi connectivity index (χ3n) is 3.16. The standard InChI is InChI=1S/C13H14N6.2ClH/c14-11(15)10-12(19-13(16)18-10)17-9-6-5-7-3-1-2-4-8(7)9;;/h1-4H,5-6H2,(H3,14,15)(H3,16,18,19);2*1H. The molecule has 0 bridgehead atoms. The van der Waals surface area contributed by atoms with Gasteiger partial charge in [-0.1, -0.05) is 24.3 Å². The van der Waals surface area contributed by atoms with E-state index < -0.39 is 0 Å². The third kappa shape index (κ3) is 3.17. The first kappa shape index (κ1) is 17.0. The van der Waals surface area contributed by atoms with Crippen LogP contribution in [0.1, 0.15) is 23.2 Å². The van der Waals surface area contributed by atoms with Gasteiger partial charge in [-0.15, -0.1) is 24.8 Å². The molecule has 0 spiro atoms. The number of halogens is 2. The lowest BCUT2D eigenvalue weighted by Gasteiger charge is -2.00. The number of aromatic amines is 1. The Labute approximate surface area is 134 Å². The maximum Gasteiger partial charge on any atom is 0.199 e. The Morgan fingerprint density at radius 1 is 1.24 bits per heavy atom. The minimum absolute atomic E-state index is 0. The van der Waals surface area contributed by atoms with Gasteiger partial charge in [0.15, 0.2) is 17.5 Å². The highest BCUT2D eigenvalue weighted by Gasteiger charge is 2.19. The maximum absolute atomic E-state index is 7.48. The molecule has 1 aliphatic rings. The monoisotopic (exact) mass is 326 g/mol. The number of hydrogen-bond acceptors (Lipinski definition) is 4. The van der Waals surface area contributed by atoms with Crippen molar-refractivity contribution in [2.45, 2.75) is 12.8 Å². The molecule has 0 saturated carbocycles. The molecule has 1 aliphatic carbocycles. The first-order valence-corrected chi connectivity index (χ1v) is 6.01. The summed E-state index contributed by atoms with van der Waals surface area (Å²) in [4.78, 5) is 11.4. The van der Waals surface area contributed by atoms with E-state index in [9.17, 15) is 0 Å². The molecular formula is C13H16Cl2N6. The van der Waals surface area contributed by atoms with Gasteiger partial charge in [0.1, 0.15) is 5.84 Å². The highest BCUT2D eigenvalue weighted by Crippen LogP contribution is 2.26. The topological polar surface area (TPSA) is 117 Å². The number of H-pyrrole nitrogens is 1. The van der Waals surface area contributed by atoms with Crippen LogP contribution in [0.3, 0.4) is 0 Å². The van der Waals surface area contributed by atoms with E-state index >= 15 is 0 Å². The third-order valence-corrected chi connectivity index (χ3v) is 3.16. The Morgan fingerprint density at radius 3 is 2.67 bits per heavy atom. The van der Waals surface area contributed by atoms with Gasteiger partial charge in [-0.2, -0.15) is 0 Å². The number of nitrogen functional groups attached to an aromatic ring is 2. The molecule has 2 aromatic rings. The van der Waals surface area contributed by atoms with Gasteiger partial charge in [0.2, 0.25) is 0 Å². The number of aromatic nitrogens is 2. The Morgan fingerprint density at radius 2 is 1.95 bits per heavy atom. The van der Waals surface area contributed by atoms with Crippen LogP contribution < -0.4 is 11.5 Å². The highest BCUT2D eigenvalue weighted by molar-refractivity contribution is 6.07. The number of hydrogen-bond donors (Lipinski definition) is 4. The van der Waals surface area contributed by atoms with Gasteiger partial charge in [-0.05, 0) is 24.0 Å². The Kier molecular flexibility index (Phi) is 5.34. The van der Waals surface area contributed by atoms with E-state index in [1.165, 1.54) is 5.56 Å². The van der Waals surface area contributed by atoms with Crippen LogP contribution in [0.4, 0.5) is 11.8 Å². The number of nitrogens with two attached hydrogens (primary N) is 2. The highest BCUT2D eigenvalue weighted by atomic mass is 35.5. The molecule has 0 fully saturated rings. The van der Waals surface area contributed by atoms with E-state index in [2.05, 4.69) is 21.0 Å². The van der Waals surface area contributed by atoms with Crippen LogP contribution in [0, 0.1) is 5.41 Å². The number of fused-ring (bicyclic) bond motifs is 1. The van der Waals surface area contributed by atoms with E-state index in [1.54, 1.807) is 0 Å². The van der Waals surface area contributed by atoms with Crippen LogP contribution in [0.15, 0.2) is 29.3 Å². The lowest BCUT2D eigenvalue weighted by molar-refractivity contribution is 1.09. The average molecular weight is 327 g/mol. The molecule has 0 aliphatic heterocycles. The number of imidazole rings is 1. The van der Waals surface area contributed by atoms with Crippen molar-refractivity contribution in [1.82, 2.24) is 9.97 Å². The number of amidine groups is 1. The number of benzene rings is 1. The lowest BCUT2D eigenvalue weighted by atomic mass is 10.1. The summed E-state index contributed by atoms with van der Waals surface area (Å²) < 4.78 is 0. The quantitative estimate of drug-likeness (QED) is 0.500. The minimum atomic E-state index is -0.140. The molecule has 8 heteroatoms. The smallest absolute Gasteiger partial charge is 0.199 e. The molecule has 0 atom stereocenters. The summed E-state index contributed by atoms with van der Waals surface area (Å²) in [5.41, 5.74) is 14.8. The SMILES string of the molecule is Cl.Cl.N=C(N)c1nc(N)[nH]c1N=C1CCc2ccccc21. The van der Waals surface area contributed by atoms with E-state index in [0.29, 0.717) is 11.5 Å². The number of nitrogens with zero attached hydrogens (tertiary/aromatic N) is 2. The van der Waals surface area contributed by atoms with Crippen molar-refractivity contribution in [2.75, 3.05) is 5.73 Å². The summed E-state index contributed by atoms with van der Waals surface area (Å²) >= 11 is 0. The molecule has 0 amide bonds. The van der Waals surface area contributed by atoms with E-state index in [4.69, 9.17) is 16.9 Å². The van der Waals surface area contributed by atoms with Crippen molar-refractivity contribution >= 4 is 48.1 Å². The molecule has 0 unspecified atom stereocenters. The second-order valence-corrected chi connectivity index (χ2v) is 4.45. The second kappa shape index (κ2) is 6.60. The zero-order valence-electron chi connectivity index (χ0n) is 11.1. The average Bonchev–Trinajstić information content (AvgIpc) is 2.95. The molecule has 6 N–H and O–H groups in total. The van der Waals surface area contributed by atoms with Gasteiger partial charge in [0.05, 0.1) is 5.71 Å². The normalized spacial score (nSPS) is 14.2. The number of rotatable bonds is 2. The largest absolute Gasteiger partial charge is 0.382 e. The van der Waals surface area contributed by atoms with Crippen molar-refractivity contribution < 1.29 is 0 Å². The molecule has 21 heavy (non-hydrogen) atoms. The first-order chi connectivity index (χ1) is 9.15. The van der Waals surface area contributed by atoms with Crippen LogP contribution in [0.25, 0.3) is 0 Å². The summed E-state index contributed by atoms with van der Waals surface area (Å²) in [5, 5.41) is 7.48. The van der Waals surface area contributed by atoms with Crippen molar-refractivity contribution in [1.29, 1.82) is 5.41 Å². The van der Waals surface area contributed by atoms with Gasteiger partial charge in [0.25, 0.3) is 0 Å². The van der Waals surface area contributed by atoms with E-state index in [1.807, 2.05) is 18.2 Å². The Bertz CT molecular complexity index is 692. The number of aryl methyl sites for hydroxylation is 1. The van der Waals surface area contributed by atoms with Crippen molar-refractivity contribution in [3.8, 4) is 0 Å². The predicted octanol–water partition coefficient (Wildman–Crippen LogP) is 2.19. The number of nitrogens with one attached hydrogen (secondary N) is 2. The fourth-order valence-electron chi connectivity index (χ4n) is 2.31. The molecule has 1 aromatic carbocycles. The summed E-state index contributed by atoms with van der Waals surface area (Å²) in [6.45, 7) is 0. The van der Waals surface area contributed by atoms with Crippen molar-refractivity contribution in [2.24, 2.45) is 10.7 Å². The van der Waals surface area contributed by atoms with Crippen LogP contribution in [-0.2, 0) is 6.42 Å².